The zero-order valence-electron chi connectivity index (χ0n) is 12.4. The minimum absolute atomic E-state index is 0.273. The van der Waals surface area contributed by atoms with E-state index in [1.165, 1.54) is 0 Å². The van der Waals surface area contributed by atoms with Crippen LogP contribution >= 0.6 is 0 Å². The third-order valence-corrected chi connectivity index (χ3v) is 2.55. The highest BCUT2D eigenvalue weighted by atomic mass is 16.5. The minimum Gasteiger partial charge on any atom is -0.493 e. The van der Waals surface area contributed by atoms with Crippen LogP contribution < -0.4 is 20.5 Å². The molecule has 1 amide bonds. The third kappa shape index (κ3) is 4.71. The molecule has 0 unspecified atom stereocenters. The lowest BCUT2D eigenvalue weighted by Crippen LogP contribution is -2.45. The Labute approximate surface area is 119 Å². The second-order valence-corrected chi connectivity index (χ2v) is 4.88. The van der Waals surface area contributed by atoms with Crippen molar-refractivity contribution in [3.05, 3.63) is 18.2 Å². The van der Waals surface area contributed by atoms with E-state index in [9.17, 15) is 4.79 Å². The number of carbonyl (C=O) groups is 1. The van der Waals surface area contributed by atoms with Crippen molar-refractivity contribution in [2.75, 3.05) is 32.8 Å². The van der Waals surface area contributed by atoms with E-state index in [1.807, 2.05) is 0 Å². The Balaban J connectivity index is 2.83. The van der Waals surface area contributed by atoms with E-state index in [2.05, 4.69) is 5.32 Å². The van der Waals surface area contributed by atoms with Gasteiger partial charge >= 0.3 is 0 Å². The summed E-state index contributed by atoms with van der Waals surface area (Å²) in [7, 11) is 3.15. The molecular formula is C14H22N2O4. The van der Waals surface area contributed by atoms with Gasteiger partial charge in [0.25, 0.3) is 0 Å². The van der Waals surface area contributed by atoms with E-state index in [0.29, 0.717) is 30.4 Å². The molecule has 20 heavy (non-hydrogen) atoms. The molecule has 0 aliphatic heterocycles. The Bertz CT molecular complexity index is 455. The smallest absolute Gasteiger partial charge is 0.243 e. The number of benzene rings is 1. The monoisotopic (exact) mass is 282 g/mol. The van der Waals surface area contributed by atoms with Crippen LogP contribution in [-0.4, -0.2) is 38.9 Å². The Morgan fingerprint density at radius 3 is 2.50 bits per heavy atom. The predicted molar refractivity (Wildman–Crippen MR) is 77.3 cm³/mol. The molecule has 6 nitrogen and oxygen atoms in total. The molecule has 1 aromatic rings. The van der Waals surface area contributed by atoms with Gasteiger partial charge in [-0.15, -0.1) is 0 Å². The van der Waals surface area contributed by atoms with Crippen LogP contribution in [0.2, 0.25) is 0 Å². The van der Waals surface area contributed by atoms with Gasteiger partial charge in [-0.05, 0) is 26.0 Å². The van der Waals surface area contributed by atoms with Crippen molar-refractivity contribution >= 4 is 11.6 Å². The molecule has 1 rings (SSSR count). The number of nitrogens with two attached hydrogens (primary N) is 1. The van der Waals surface area contributed by atoms with Crippen LogP contribution in [0.15, 0.2) is 18.2 Å². The summed E-state index contributed by atoms with van der Waals surface area (Å²) in [5.74, 6) is 0.855. The molecule has 0 saturated heterocycles. The van der Waals surface area contributed by atoms with E-state index in [1.54, 1.807) is 46.3 Å². The summed E-state index contributed by atoms with van der Waals surface area (Å²) in [4.78, 5) is 11.8. The number of anilines is 1. The number of methoxy groups -OCH3 is 2. The van der Waals surface area contributed by atoms with Gasteiger partial charge in [0.15, 0.2) is 11.5 Å². The highest BCUT2D eigenvalue weighted by molar-refractivity contribution is 5.97. The second-order valence-electron chi connectivity index (χ2n) is 4.88. The van der Waals surface area contributed by atoms with Crippen LogP contribution in [0.1, 0.15) is 13.8 Å². The number of nitrogens with one attached hydrogen (secondary N) is 1. The Morgan fingerprint density at radius 1 is 1.25 bits per heavy atom. The maximum atomic E-state index is 11.8. The number of ether oxygens (including phenoxy) is 3. The summed E-state index contributed by atoms with van der Waals surface area (Å²) in [5.41, 5.74) is 5.39. The molecular weight excluding hydrogens is 260 g/mol. The Morgan fingerprint density at radius 2 is 1.95 bits per heavy atom. The van der Waals surface area contributed by atoms with Crippen LogP contribution in [0.4, 0.5) is 5.69 Å². The van der Waals surface area contributed by atoms with Crippen molar-refractivity contribution in [1.82, 2.24) is 0 Å². The van der Waals surface area contributed by atoms with E-state index in [4.69, 9.17) is 19.9 Å². The lowest BCUT2D eigenvalue weighted by atomic mass is 10.1. The maximum Gasteiger partial charge on any atom is 0.243 e. The lowest BCUT2D eigenvalue weighted by Gasteiger charge is -2.18. The van der Waals surface area contributed by atoms with Gasteiger partial charge in [0.1, 0.15) is 6.61 Å². The molecule has 0 bridgehead atoms. The quantitative estimate of drug-likeness (QED) is 0.739. The molecule has 0 heterocycles. The van der Waals surface area contributed by atoms with Gasteiger partial charge in [0.05, 0.1) is 19.3 Å². The maximum absolute atomic E-state index is 11.8. The van der Waals surface area contributed by atoms with Crippen LogP contribution in [0.5, 0.6) is 11.5 Å². The Kier molecular flexibility index (Phi) is 5.79. The van der Waals surface area contributed by atoms with Gasteiger partial charge in [-0.3, -0.25) is 4.79 Å². The zero-order valence-corrected chi connectivity index (χ0v) is 12.4. The number of carbonyl (C=O) groups excluding carboxylic acids is 1. The molecule has 112 valence electrons. The van der Waals surface area contributed by atoms with Crippen molar-refractivity contribution < 1.29 is 19.0 Å². The lowest BCUT2D eigenvalue weighted by molar-refractivity contribution is -0.120. The number of hydrogen-bond acceptors (Lipinski definition) is 5. The van der Waals surface area contributed by atoms with Gasteiger partial charge in [0.2, 0.25) is 5.91 Å². The summed E-state index contributed by atoms with van der Waals surface area (Å²) < 4.78 is 15.7. The molecule has 0 saturated carbocycles. The van der Waals surface area contributed by atoms with E-state index >= 15 is 0 Å². The fourth-order valence-corrected chi connectivity index (χ4v) is 1.39. The van der Waals surface area contributed by atoms with Gasteiger partial charge in [-0.25, -0.2) is 0 Å². The first kappa shape index (κ1) is 16.3. The average Bonchev–Trinajstić information content (AvgIpc) is 2.38. The van der Waals surface area contributed by atoms with Crippen LogP contribution in [-0.2, 0) is 9.53 Å². The minimum atomic E-state index is -0.947. The van der Waals surface area contributed by atoms with Crippen molar-refractivity contribution in [1.29, 1.82) is 0 Å². The first-order chi connectivity index (χ1) is 9.38. The summed E-state index contributed by atoms with van der Waals surface area (Å²) >= 11 is 0. The summed E-state index contributed by atoms with van der Waals surface area (Å²) in [6.45, 7) is 4.14. The van der Waals surface area contributed by atoms with E-state index < -0.39 is 5.54 Å². The zero-order chi connectivity index (χ0) is 15.2. The Hall–Kier alpha value is -1.79. The van der Waals surface area contributed by atoms with Crippen molar-refractivity contribution in [2.45, 2.75) is 19.4 Å². The largest absolute Gasteiger partial charge is 0.493 e. The topological polar surface area (TPSA) is 82.8 Å². The average molecular weight is 282 g/mol. The highest BCUT2D eigenvalue weighted by Crippen LogP contribution is 2.30. The molecule has 0 aliphatic rings. The van der Waals surface area contributed by atoms with Gasteiger partial charge in [-0.1, -0.05) is 0 Å². The van der Waals surface area contributed by atoms with Gasteiger partial charge in [0, 0.05) is 18.9 Å². The molecule has 0 aliphatic carbocycles. The molecule has 0 spiro atoms. The normalized spacial score (nSPS) is 11.1. The summed E-state index contributed by atoms with van der Waals surface area (Å²) in [6.07, 6.45) is 0. The first-order valence-corrected chi connectivity index (χ1v) is 6.28. The summed E-state index contributed by atoms with van der Waals surface area (Å²) in [6, 6.07) is 5.14. The summed E-state index contributed by atoms with van der Waals surface area (Å²) in [5, 5.41) is 2.73. The standard InChI is InChI=1S/C14H22N2O4/c1-14(2,15)13(17)16-10-5-6-11(19-4)12(9-10)20-8-7-18-3/h5-6,9H,7-8,15H2,1-4H3,(H,16,17). The van der Waals surface area contributed by atoms with Gasteiger partial charge < -0.3 is 25.3 Å². The molecule has 3 N–H and O–H groups in total. The fourth-order valence-electron chi connectivity index (χ4n) is 1.39. The first-order valence-electron chi connectivity index (χ1n) is 6.28. The number of amides is 1. The SMILES string of the molecule is COCCOc1cc(NC(=O)C(C)(C)N)ccc1OC. The highest BCUT2D eigenvalue weighted by Gasteiger charge is 2.22. The molecule has 0 radical (unpaired) electrons. The van der Waals surface area contributed by atoms with E-state index in [0.717, 1.165) is 0 Å². The third-order valence-electron chi connectivity index (χ3n) is 2.55. The van der Waals surface area contributed by atoms with Crippen LogP contribution in [0, 0.1) is 0 Å². The second kappa shape index (κ2) is 7.12. The fraction of sp³-hybridized carbons (Fsp3) is 0.500. The van der Waals surface area contributed by atoms with Crippen molar-refractivity contribution in [3.8, 4) is 11.5 Å². The predicted octanol–water partition coefficient (Wildman–Crippen LogP) is 1.40. The number of hydrogen-bond donors (Lipinski definition) is 2. The van der Waals surface area contributed by atoms with Crippen molar-refractivity contribution in [2.24, 2.45) is 5.73 Å². The molecule has 0 aromatic heterocycles. The van der Waals surface area contributed by atoms with E-state index in [-0.39, 0.29) is 5.91 Å². The van der Waals surface area contributed by atoms with Crippen molar-refractivity contribution in [3.63, 3.8) is 0 Å². The molecule has 6 heteroatoms. The van der Waals surface area contributed by atoms with Crippen LogP contribution in [0.3, 0.4) is 0 Å². The van der Waals surface area contributed by atoms with Crippen LogP contribution in [0.25, 0.3) is 0 Å². The number of rotatable bonds is 7. The van der Waals surface area contributed by atoms with Gasteiger partial charge in [-0.2, -0.15) is 0 Å². The molecule has 1 aromatic carbocycles. The molecule has 0 fully saturated rings. The molecule has 0 atom stereocenters.